The molecule has 0 aliphatic carbocycles. The molecule has 4 atom stereocenters. The number of hydrogen-bond donors (Lipinski definition) is 0. The van der Waals surface area contributed by atoms with Crippen LogP contribution < -0.4 is 4.89 Å². The Balaban J connectivity index is 2.28. The van der Waals surface area contributed by atoms with Crippen molar-refractivity contribution in [1.82, 2.24) is 0 Å². The zero-order valence-electron chi connectivity index (χ0n) is 36.5. The minimum Gasteiger partial charge on any atom is -0.756 e. The molecule has 9 nitrogen and oxygen atoms in total. The summed E-state index contributed by atoms with van der Waals surface area (Å²) >= 11 is 0. The van der Waals surface area contributed by atoms with E-state index in [2.05, 4.69) is 50.3 Å². The fraction of sp³-hybridized carbons (Fsp3) is 0.804. The van der Waals surface area contributed by atoms with Crippen LogP contribution in [0.5, 0.6) is 0 Å². The van der Waals surface area contributed by atoms with E-state index in [0.717, 1.165) is 38.5 Å². The van der Waals surface area contributed by atoms with Crippen molar-refractivity contribution >= 4 is 13.8 Å². The molecule has 1 aliphatic rings. The molecular weight excluding hydrogens is 725 g/mol. The van der Waals surface area contributed by atoms with E-state index in [1.807, 2.05) is 27.2 Å². The first-order valence-electron chi connectivity index (χ1n) is 22.5. The van der Waals surface area contributed by atoms with Crippen molar-refractivity contribution in [3.63, 3.8) is 0 Å². The summed E-state index contributed by atoms with van der Waals surface area (Å²) in [5, 5.41) is 0. The van der Waals surface area contributed by atoms with Gasteiger partial charge in [-0.2, -0.15) is 0 Å². The number of hydrogen-bond acceptors (Lipinski definition) is 8. The molecule has 0 amide bonds. The highest BCUT2D eigenvalue weighted by Crippen LogP contribution is 2.38. The second kappa shape index (κ2) is 35.2. The molecule has 0 aromatic rings. The van der Waals surface area contributed by atoms with E-state index in [-0.39, 0.29) is 26.2 Å². The highest BCUT2D eigenvalue weighted by atomic mass is 31.2. The maximum absolute atomic E-state index is 12.7. The summed E-state index contributed by atoms with van der Waals surface area (Å²) in [6.07, 6.45) is 45.4. The van der Waals surface area contributed by atoms with Crippen LogP contribution in [0.25, 0.3) is 0 Å². The van der Waals surface area contributed by atoms with Gasteiger partial charge in [-0.15, -0.1) is 0 Å². The lowest BCUT2D eigenvalue weighted by molar-refractivity contribution is -0.870. The average Bonchev–Trinajstić information content (AvgIpc) is 3.90. The number of likely N-dealkylation sites (N-methyl/N-ethyl adjacent to an activating group) is 1. The third-order valence-electron chi connectivity index (χ3n) is 9.87. The van der Waals surface area contributed by atoms with Crippen molar-refractivity contribution in [2.45, 2.75) is 193 Å². The number of phosphoric acid groups is 1. The molecule has 0 saturated carbocycles. The van der Waals surface area contributed by atoms with Gasteiger partial charge in [0.15, 0.2) is 6.10 Å². The molecule has 56 heavy (non-hydrogen) atoms. The van der Waals surface area contributed by atoms with Gasteiger partial charge in [0, 0.05) is 6.42 Å². The smallest absolute Gasteiger partial charge is 0.306 e. The summed E-state index contributed by atoms with van der Waals surface area (Å²) in [5.74, 6) is -0.413. The molecule has 1 heterocycles. The van der Waals surface area contributed by atoms with Gasteiger partial charge in [-0.25, -0.2) is 0 Å². The van der Waals surface area contributed by atoms with Gasteiger partial charge < -0.3 is 32.6 Å². The Bertz CT molecular complexity index is 1100. The van der Waals surface area contributed by atoms with Crippen molar-refractivity contribution in [3.05, 3.63) is 48.8 Å². The number of unbranched alkanes of at least 4 members (excludes halogenated alkanes) is 17. The van der Waals surface area contributed by atoms with Crippen LogP contribution in [0.3, 0.4) is 0 Å². The van der Waals surface area contributed by atoms with E-state index in [1.165, 1.54) is 109 Å². The van der Waals surface area contributed by atoms with Gasteiger partial charge in [0.2, 0.25) is 0 Å². The normalized spacial score (nSPS) is 17.8. The Hall–Kier alpha value is -1.74. The second-order valence-electron chi connectivity index (χ2n) is 16.5. The van der Waals surface area contributed by atoms with E-state index in [4.69, 9.17) is 23.3 Å². The number of phosphoric ester groups is 1. The summed E-state index contributed by atoms with van der Waals surface area (Å²) in [6, 6.07) is 0. The predicted molar refractivity (Wildman–Crippen MR) is 230 cm³/mol. The van der Waals surface area contributed by atoms with Crippen LogP contribution in [-0.4, -0.2) is 76.3 Å². The SMILES string of the molecule is CCCCCCCCCCCCCCCC/C=C\OCC(COP(=O)([O-])OCC[N+](C)(C)C)OC(=O)CCC/C=C\C/C=C\C/C=C\CC1OC1CCCCC. The van der Waals surface area contributed by atoms with E-state index in [1.54, 1.807) is 6.26 Å². The van der Waals surface area contributed by atoms with Crippen molar-refractivity contribution in [2.75, 3.05) is 47.5 Å². The molecule has 1 saturated heterocycles. The fourth-order valence-corrected chi connectivity index (χ4v) is 6.97. The molecule has 1 rings (SSSR count). The molecule has 1 fully saturated rings. The number of rotatable bonds is 40. The van der Waals surface area contributed by atoms with Gasteiger partial charge in [0.05, 0.1) is 46.2 Å². The molecule has 0 bridgehead atoms. The van der Waals surface area contributed by atoms with E-state index >= 15 is 0 Å². The van der Waals surface area contributed by atoms with Gasteiger partial charge in [-0.1, -0.05) is 153 Å². The van der Waals surface area contributed by atoms with Crippen molar-refractivity contribution in [3.8, 4) is 0 Å². The van der Waals surface area contributed by atoms with E-state index < -0.39 is 19.9 Å². The van der Waals surface area contributed by atoms with Crippen LogP contribution in [0.1, 0.15) is 174 Å². The van der Waals surface area contributed by atoms with Crippen LogP contribution >= 0.6 is 7.82 Å². The first kappa shape index (κ1) is 52.3. The first-order chi connectivity index (χ1) is 27.1. The minimum absolute atomic E-state index is 0.00343. The molecule has 10 heteroatoms. The Kier molecular flexibility index (Phi) is 32.9. The summed E-state index contributed by atoms with van der Waals surface area (Å²) in [5.41, 5.74) is 0. The Labute approximate surface area is 343 Å². The average molecular weight is 810 g/mol. The monoisotopic (exact) mass is 810 g/mol. The van der Waals surface area contributed by atoms with Crippen LogP contribution in [0, 0.1) is 0 Å². The predicted octanol–water partition coefficient (Wildman–Crippen LogP) is 11.9. The third-order valence-corrected chi connectivity index (χ3v) is 10.8. The van der Waals surface area contributed by atoms with Crippen LogP contribution in [0.4, 0.5) is 0 Å². The molecule has 0 aromatic heterocycles. The second-order valence-corrected chi connectivity index (χ2v) is 17.9. The van der Waals surface area contributed by atoms with Gasteiger partial charge in [-0.05, 0) is 57.4 Å². The highest BCUT2D eigenvalue weighted by molar-refractivity contribution is 7.45. The van der Waals surface area contributed by atoms with Gasteiger partial charge in [0.25, 0.3) is 7.82 Å². The summed E-state index contributed by atoms with van der Waals surface area (Å²) in [6.45, 7) is 4.64. The van der Waals surface area contributed by atoms with Gasteiger partial charge >= 0.3 is 5.97 Å². The summed E-state index contributed by atoms with van der Waals surface area (Å²) in [7, 11) is 1.28. The molecular formula is C46H84NO8P. The largest absolute Gasteiger partial charge is 0.756 e. The molecule has 4 unspecified atom stereocenters. The third kappa shape index (κ3) is 35.4. The maximum Gasteiger partial charge on any atom is 0.306 e. The lowest BCUT2D eigenvalue weighted by Crippen LogP contribution is -2.37. The van der Waals surface area contributed by atoms with Crippen molar-refractivity contribution in [1.29, 1.82) is 0 Å². The number of nitrogens with zero attached hydrogens (tertiary/aromatic N) is 1. The lowest BCUT2D eigenvalue weighted by Gasteiger charge is -2.28. The molecule has 0 radical (unpaired) electrons. The Morgan fingerprint density at radius 1 is 0.679 bits per heavy atom. The number of quaternary nitrogens is 1. The van der Waals surface area contributed by atoms with Crippen molar-refractivity contribution in [2.24, 2.45) is 0 Å². The standard InChI is InChI=1S/C46H84NO8P/c1-6-8-10-11-12-13-14-15-16-17-18-21-24-27-30-34-39-51-41-43(42-53-56(49,50)52-40-38-47(3,4)5)54-46(48)37-33-29-26-23-20-19-22-25-28-32-36-45-44(55-45)35-31-9-7-2/h19,22-23,26,28,32,34,39,43-45H,6-18,20-21,24-25,27,29-31,33,35-38,40-42H2,1-5H3/b22-19-,26-23-,32-28-,39-34-. The Morgan fingerprint density at radius 2 is 1.23 bits per heavy atom. The van der Waals surface area contributed by atoms with Gasteiger partial charge in [0.1, 0.15) is 19.8 Å². The molecule has 0 aromatic carbocycles. The van der Waals surface area contributed by atoms with Gasteiger partial charge in [-0.3, -0.25) is 9.36 Å². The molecule has 0 spiro atoms. The van der Waals surface area contributed by atoms with E-state index in [9.17, 15) is 14.3 Å². The summed E-state index contributed by atoms with van der Waals surface area (Å²) < 4.78 is 40.0. The molecule has 326 valence electrons. The number of carbonyl (C=O) groups excluding carboxylic acids is 1. The fourth-order valence-electron chi connectivity index (χ4n) is 6.25. The number of epoxide rings is 1. The van der Waals surface area contributed by atoms with Crippen LogP contribution in [0.15, 0.2) is 48.8 Å². The lowest BCUT2D eigenvalue weighted by atomic mass is 10.0. The minimum atomic E-state index is -4.56. The first-order valence-corrected chi connectivity index (χ1v) is 24.0. The zero-order chi connectivity index (χ0) is 41.0. The maximum atomic E-state index is 12.7. The van der Waals surface area contributed by atoms with Crippen LogP contribution in [-0.2, 0) is 32.6 Å². The molecule has 0 N–H and O–H groups in total. The summed E-state index contributed by atoms with van der Waals surface area (Å²) in [4.78, 5) is 25.0. The van der Waals surface area contributed by atoms with Crippen molar-refractivity contribution < 1.29 is 42.0 Å². The number of ether oxygens (including phenoxy) is 3. The quantitative estimate of drug-likeness (QED) is 0.0115. The van der Waals surface area contributed by atoms with E-state index in [0.29, 0.717) is 29.7 Å². The number of allylic oxidation sites excluding steroid dienone is 6. The number of carbonyl (C=O) groups is 1. The molecule has 1 aliphatic heterocycles. The zero-order valence-corrected chi connectivity index (χ0v) is 37.4. The Morgan fingerprint density at radius 3 is 1.86 bits per heavy atom. The highest BCUT2D eigenvalue weighted by Gasteiger charge is 2.36. The number of esters is 1. The van der Waals surface area contributed by atoms with Crippen LogP contribution in [0.2, 0.25) is 0 Å². The topological polar surface area (TPSA) is 107 Å².